The third-order valence-electron chi connectivity index (χ3n) is 5.43. The Morgan fingerprint density at radius 3 is 2.35 bits per heavy atom. The number of benzene rings is 2. The van der Waals surface area contributed by atoms with E-state index in [1.54, 1.807) is 37.3 Å². The molecular weight excluding hydrogens is 503 g/mol. The van der Waals surface area contributed by atoms with Crippen LogP contribution in [0.25, 0.3) is 0 Å². The van der Waals surface area contributed by atoms with Crippen LogP contribution < -0.4 is 10.1 Å². The van der Waals surface area contributed by atoms with Crippen molar-refractivity contribution in [2.45, 2.75) is 51.2 Å². The number of hydrogen-bond donors (Lipinski definition) is 1. The maximum absolute atomic E-state index is 13.1. The van der Waals surface area contributed by atoms with Crippen molar-refractivity contribution < 1.29 is 14.3 Å². The molecule has 166 valence electrons. The van der Waals surface area contributed by atoms with E-state index in [1.807, 2.05) is 12.1 Å². The molecule has 1 N–H and O–H groups in total. The molecule has 0 bridgehead atoms. The zero-order valence-electron chi connectivity index (χ0n) is 17.2. The fraction of sp³-hybridized carbons (Fsp3) is 0.391. The van der Waals surface area contributed by atoms with Gasteiger partial charge in [-0.3, -0.25) is 9.59 Å². The van der Waals surface area contributed by atoms with Gasteiger partial charge in [-0.2, -0.15) is 0 Å². The molecule has 2 aromatic rings. The summed E-state index contributed by atoms with van der Waals surface area (Å²) in [7, 11) is 0. The van der Waals surface area contributed by atoms with Gasteiger partial charge in [0.05, 0.1) is 0 Å². The number of rotatable bonds is 8. The van der Waals surface area contributed by atoms with Crippen molar-refractivity contribution in [3.05, 3.63) is 62.5 Å². The van der Waals surface area contributed by atoms with Crippen molar-refractivity contribution >= 4 is 50.9 Å². The Kier molecular flexibility index (Phi) is 8.64. The SMILES string of the molecule is C[C@H](C(=O)NC1CCCC1)N(Cc1c(Cl)cccc1Cl)C(=O)COc1ccc(Br)cc1. The molecule has 2 aromatic carbocycles. The second-order valence-electron chi connectivity index (χ2n) is 7.63. The number of nitrogens with one attached hydrogen (secondary N) is 1. The number of carbonyl (C=O) groups excluding carboxylic acids is 2. The summed E-state index contributed by atoms with van der Waals surface area (Å²) in [5, 5.41) is 3.96. The molecule has 0 radical (unpaired) electrons. The highest BCUT2D eigenvalue weighted by Gasteiger charge is 2.29. The minimum atomic E-state index is -0.700. The van der Waals surface area contributed by atoms with Gasteiger partial charge in [0.25, 0.3) is 5.91 Å². The predicted octanol–water partition coefficient (Wildman–Crippen LogP) is 5.61. The molecule has 1 saturated carbocycles. The summed E-state index contributed by atoms with van der Waals surface area (Å²) in [5.41, 5.74) is 0.600. The van der Waals surface area contributed by atoms with Gasteiger partial charge in [0.15, 0.2) is 6.61 Å². The van der Waals surface area contributed by atoms with Gasteiger partial charge < -0.3 is 15.0 Å². The molecule has 0 spiro atoms. The summed E-state index contributed by atoms with van der Waals surface area (Å²) in [6, 6.07) is 11.8. The lowest BCUT2D eigenvalue weighted by Gasteiger charge is -2.30. The van der Waals surface area contributed by atoms with Gasteiger partial charge in [-0.05, 0) is 56.2 Å². The molecule has 0 unspecified atom stereocenters. The average Bonchev–Trinajstić information content (AvgIpc) is 3.25. The van der Waals surface area contributed by atoms with Gasteiger partial charge in [-0.15, -0.1) is 0 Å². The van der Waals surface area contributed by atoms with E-state index in [0.29, 0.717) is 21.4 Å². The summed E-state index contributed by atoms with van der Waals surface area (Å²) in [6.45, 7) is 1.62. The molecule has 2 amide bonds. The zero-order valence-corrected chi connectivity index (χ0v) is 20.3. The lowest BCUT2D eigenvalue weighted by molar-refractivity contribution is -0.142. The fourth-order valence-corrected chi connectivity index (χ4v) is 4.37. The maximum atomic E-state index is 13.1. The van der Waals surface area contributed by atoms with Crippen LogP contribution in [-0.2, 0) is 16.1 Å². The summed E-state index contributed by atoms with van der Waals surface area (Å²) < 4.78 is 6.57. The van der Waals surface area contributed by atoms with Crippen molar-refractivity contribution in [3.63, 3.8) is 0 Å². The van der Waals surface area contributed by atoms with E-state index in [4.69, 9.17) is 27.9 Å². The first-order valence-electron chi connectivity index (χ1n) is 10.3. The highest BCUT2D eigenvalue weighted by Crippen LogP contribution is 2.27. The maximum Gasteiger partial charge on any atom is 0.261 e. The van der Waals surface area contributed by atoms with Crippen LogP contribution in [0.4, 0.5) is 0 Å². The number of halogens is 3. The number of carbonyl (C=O) groups is 2. The highest BCUT2D eigenvalue weighted by atomic mass is 79.9. The molecule has 31 heavy (non-hydrogen) atoms. The molecule has 1 aliphatic rings. The predicted molar refractivity (Wildman–Crippen MR) is 127 cm³/mol. The van der Waals surface area contributed by atoms with E-state index in [-0.39, 0.29) is 31.0 Å². The number of hydrogen-bond acceptors (Lipinski definition) is 3. The van der Waals surface area contributed by atoms with Crippen LogP contribution in [0.5, 0.6) is 5.75 Å². The van der Waals surface area contributed by atoms with E-state index in [9.17, 15) is 9.59 Å². The van der Waals surface area contributed by atoms with E-state index in [0.717, 1.165) is 30.2 Å². The molecular formula is C23H25BrCl2N2O3. The molecule has 1 fully saturated rings. The second kappa shape index (κ2) is 11.2. The van der Waals surface area contributed by atoms with E-state index in [2.05, 4.69) is 21.2 Å². The topological polar surface area (TPSA) is 58.6 Å². The average molecular weight is 528 g/mol. The smallest absolute Gasteiger partial charge is 0.261 e. The Bertz CT molecular complexity index is 897. The van der Waals surface area contributed by atoms with Crippen LogP contribution in [0.2, 0.25) is 10.0 Å². The monoisotopic (exact) mass is 526 g/mol. The lowest BCUT2D eigenvalue weighted by Crippen LogP contribution is -2.50. The van der Waals surface area contributed by atoms with Crippen LogP contribution >= 0.6 is 39.1 Å². The number of nitrogens with zero attached hydrogens (tertiary/aromatic N) is 1. The normalized spacial score (nSPS) is 14.8. The molecule has 8 heteroatoms. The summed E-state index contributed by atoms with van der Waals surface area (Å²) in [6.07, 6.45) is 4.15. The van der Waals surface area contributed by atoms with Gasteiger partial charge in [-0.25, -0.2) is 0 Å². The van der Waals surface area contributed by atoms with Crippen LogP contribution in [0.3, 0.4) is 0 Å². The first-order valence-corrected chi connectivity index (χ1v) is 11.8. The van der Waals surface area contributed by atoms with E-state index >= 15 is 0 Å². The molecule has 0 saturated heterocycles. The largest absolute Gasteiger partial charge is 0.484 e. The quantitative estimate of drug-likeness (QED) is 0.485. The Morgan fingerprint density at radius 1 is 1.13 bits per heavy atom. The van der Waals surface area contributed by atoms with Crippen molar-refractivity contribution in [1.82, 2.24) is 10.2 Å². The van der Waals surface area contributed by atoms with Crippen LogP contribution in [-0.4, -0.2) is 35.4 Å². The number of ether oxygens (including phenoxy) is 1. The standard InChI is InChI=1S/C23H25BrCl2N2O3/c1-15(23(30)27-17-5-2-3-6-17)28(13-19-20(25)7-4-8-21(19)26)22(29)14-31-18-11-9-16(24)10-12-18/h4,7-12,15,17H,2-3,5-6,13-14H2,1H3,(H,27,30)/t15-/m1/s1. The van der Waals surface area contributed by atoms with Crippen molar-refractivity contribution in [1.29, 1.82) is 0 Å². The molecule has 0 aliphatic heterocycles. The lowest BCUT2D eigenvalue weighted by atomic mass is 10.1. The second-order valence-corrected chi connectivity index (χ2v) is 9.36. The van der Waals surface area contributed by atoms with Gasteiger partial charge in [0, 0.05) is 32.7 Å². The van der Waals surface area contributed by atoms with E-state index in [1.165, 1.54) is 4.90 Å². The Labute approximate surface area is 201 Å². The summed E-state index contributed by atoms with van der Waals surface area (Å²) >= 11 is 16.0. The van der Waals surface area contributed by atoms with Gasteiger partial charge in [0.2, 0.25) is 5.91 Å². The van der Waals surface area contributed by atoms with Gasteiger partial charge in [-0.1, -0.05) is 58.0 Å². The molecule has 1 atom stereocenters. The van der Waals surface area contributed by atoms with Gasteiger partial charge in [0.1, 0.15) is 11.8 Å². The minimum Gasteiger partial charge on any atom is -0.484 e. The number of amides is 2. The first kappa shape index (κ1) is 23.9. The third-order valence-corrected chi connectivity index (χ3v) is 6.67. The fourth-order valence-electron chi connectivity index (χ4n) is 3.59. The van der Waals surface area contributed by atoms with Crippen LogP contribution in [0.15, 0.2) is 46.9 Å². The first-order chi connectivity index (χ1) is 14.8. The van der Waals surface area contributed by atoms with Gasteiger partial charge >= 0.3 is 0 Å². The zero-order chi connectivity index (χ0) is 22.4. The van der Waals surface area contributed by atoms with E-state index < -0.39 is 6.04 Å². The van der Waals surface area contributed by atoms with Crippen molar-refractivity contribution in [2.24, 2.45) is 0 Å². The molecule has 5 nitrogen and oxygen atoms in total. The van der Waals surface area contributed by atoms with Crippen molar-refractivity contribution in [3.8, 4) is 5.75 Å². The molecule has 0 heterocycles. The molecule has 1 aliphatic carbocycles. The van der Waals surface area contributed by atoms with Crippen LogP contribution in [0, 0.1) is 0 Å². The Hall–Kier alpha value is -1.76. The molecule has 3 rings (SSSR count). The highest BCUT2D eigenvalue weighted by molar-refractivity contribution is 9.10. The molecule has 0 aromatic heterocycles. The van der Waals surface area contributed by atoms with Crippen molar-refractivity contribution in [2.75, 3.05) is 6.61 Å². The Morgan fingerprint density at radius 2 is 1.74 bits per heavy atom. The minimum absolute atomic E-state index is 0.111. The summed E-state index contributed by atoms with van der Waals surface area (Å²) in [4.78, 5) is 27.5. The third kappa shape index (κ3) is 6.61. The van der Waals surface area contributed by atoms with Crippen LogP contribution in [0.1, 0.15) is 38.2 Å². The summed E-state index contributed by atoms with van der Waals surface area (Å²) in [5.74, 6) is 0.0513. The Balaban J connectivity index is 1.75.